The first-order valence-electron chi connectivity index (χ1n) is 11.2. The fraction of sp³-hybridized carbons (Fsp3) is 0.385. The minimum Gasteiger partial charge on any atom is -0.462 e. The lowest BCUT2D eigenvalue weighted by atomic mass is 9.72. The maximum atomic E-state index is 13.6. The van der Waals surface area contributed by atoms with Crippen molar-refractivity contribution in [2.24, 2.45) is 11.8 Å². The summed E-state index contributed by atoms with van der Waals surface area (Å²) in [6.07, 6.45) is -1.06. The molecule has 0 aromatic heterocycles. The standard InChI is InChI=1S/C26H28FNO6/c1-15(2)33-25(31)21-20(18-10-12-19(27)13-11-18)22(26(32)34-16(3)4)24(30)28(23(21)29)14-17-8-6-5-7-9-17/h5-13,15-16,20-22H,14H2,1-4H3/t20?,21-,22+. The Morgan fingerprint density at radius 3 is 1.74 bits per heavy atom. The topological polar surface area (TPSA) is 90.0 Å². The monoisotopic (exact) mass is 469 g/mol. The van der Waals surface area contributed by atoms with E-state index in [1.807, 2.05) is 0 Å². The summed E-state index contributed by atoms with van der Waals surface area (Å²) >= 11 is 0. The van der Waals surface area contributed by atoms with Crippen LogP contribution in [-0.2, 0) is 35.2 Å². The fourth-order valence-electron chi connectivity index (χ4n) is 4.04. The van der Waals surface area contributed by atoms with Crippen LogP contribution in [0.15, 0.2) is 54.6 Å². The first kappa shape index (κ1) is 25.1. The van der Waals surface area contributed by atoms with Gasteiger partial charge in [-0.15, -0.1) is 0 Å². The number of carbonyl (C=O) groups is 4. The second-order valence-corrected chi connectivity index (χ2v) is 8.75. The molecule has 1 saturated heterocycles. The lowest BCUT2D eigenvalue weighted by Gasteiger charge is -2.40. The van der Waals surface area contributed by atoms with Crippen LogP contribution in [0.3, 0.4) is 0 Å². The molecule has 0 bridgehead atoms. The summed E-state index contributed by atoms with van der Waals surface area (Å²) in [5.74, 6) is -7.98. The van der Waals surface area contributed by atoms with E-state index in [4.69, 9.17) is 9.47 Å². The number of carbonyl (C=O) groups excluding carboxylic acids is 4. The molecule has 3 atom stereocenters. The van der Waals surface area contributed by atoms with Gasteiger partial charge < -0.3 is 9.47 Å². The summed E-state index contributed by atoms with van der Waals surface area (Å²) in [5.41, 5.74) is 0.940. The summed E-state index contributed by atoms with van der Waals surface area (Å²) < 4.78 is 24.4. The van der Waals surface area contributed by atoms with Gasteiger partial charge in [0.2, 0.25) is 11.8 Å². The number of hydrogen-bond acceptors (Lipinski definition) is 6. The maximum absolute atomic E-state index is 13.6. The van der Waals surface area contributed by atoms with Crippen LogP contribution >= 0.6 is 0 Å². The number of amides is 2. The van der Waals surface area contributed by atoms with Gasteiger partial charge in [-0.05, 0) is 51.0 Å². The molecule has 1 aliphatic rings. The molecule has 1 fully saturated rings. The van der Waals surface area contributed by atoms with Crippen molar-refractivity contribution >= 4 is 23.8 Å². The number of benzene rings is 2. The number of nitrogens with zero attached hydrogens (tertiary/aromatic N) is 1. The van der Waals surface area contributed by atoms with Crippen LogP contribution in [0.1, 0.15) is 44.7 Å². The van der Waals surface area contributed by atoms with Crippen LogP contribution in [0, 0.1) is 17.7 Å². The largest absolute Gasteiger partial charge is 0.462 e. The van der Waals surface area contributed by atoms with Crippen molar-refractivity contribution in [3.05, 3.63) is 71.5 Å². The highest BCUT2D eigenvalue weighted by Gasteiger charge is 2.56. The van der Waals surface area contributed by atoms with E-state index in [1.165, 1.54) is 12.1 Å². The fourth-order valence-corrected chi connectivity index (χ4v) is 4.04. The van der Waals surface area contributed by atoms with Crippen molar-refractivity contribution in [2.75, 3.05) is 0 Å². The van der Waals surface area contributed by atoms with E-state index in [2.05, 4.69) is 0 Å². The van der Waals surface area contributed by atoms with E-state index in [0.29, 0.717) is 11.1 Å². The van der Waals surface area contributed by atoms with E-state index >= 15 is 0 Å². The van der Waals surface area contributed by atoms with Crippen LogP contribution in [0.5, 0.6) is 0 Å². The van der Waals surface area contributed by atoms with Gasteiger partial charge in [-0.2, -0.15) is 0 Å². The Morgan fingerprint density at radius 2 is 1.29 bits per heavy atom. The second-order valence-electron chi connectivity index (χ2n) is 8.75. The zero-order chi connectivity index (χ0) is 25.0. The Bertz CT molecular complexity index is 1010. The van der Waals surface area contributed by atoms with Gasteiger partial charge in [0, 0.05) is 5.92 Å². The average molecular weight is 470 g/mol. The van der Waals surface area contributed by atoms with Gasteiger partial charge in [-0.1, -0.05) is 42.5 Å². The molecule has 0 aliphatic carbocycles. The molecule has 2 amide bonds. The third-order valence-electron chi connectivity index (χ3n) is 5.43. The third kappa shape index (κ3) is 5.50. The van der Waals surface area contributed by atoms with Crippen molar-refractivity contribution in [2.45, 2.75) is 52.4 Å². The highest BCUT2D eigenvalue weighted by Crippen LogP contribution is 2.41. The van der Waals surface area contributed by atoms with Crippen molar-refractivity contribution in [3.8, 4) is 0 Å². The number of halogens is 1. The minimum absolute atomic E-state index is 0.119. The van der Waals surface area contributed by atoms with E-state index in [-0.39, 0.29) is 6.54 Å². The summed E-state index contributed by atoms with van der Waals surface area (Å²) in [5, 5.41) is 0. The first-order chi connectivity index (χ1) is 16.1. The van der Waals surface area contributed by atoms with Crippen molar-refractivity contribution in [1.29, 1.82) is 0 Å². The van der Waals surface area contributed by atoms with Gasteiger partial charge in [0.05, 0.1) is 18.8 Å². The van der Waals surface area contributed by atoms with Crippen LogP contribution in [0.25, 0.3) is 0 Å². The Hall–Kier alpha value is -3.55. The molecule has 34 heavy (non-hydrogen) atoms. The SMILES string of the molecule is CC(C)OC(=O)[C@@H]1C(=O)N(Cc2ccccc2)C(=O)[C@H](C(=O)OC(C)C)C1c1ccc(F)cc1. The van der Waals surface area contributed by atoms with E-state index in [0.717, 1.165) is 17.0 Å². The number of likely N-dealkylation sites (tertiary alicyclic amines) is 1. The van der Waals surface area contributed by atoms with Gasteiger partial charge in [-0.3, -0.25) is 24.1 Å². The molecule has 1 aliphatic heterocycles. The zero-order valence-electron chi connectivity index (χ0n) is 19.6. The number of esters is 2. The molecule has 3 rings (SSSR count). The van der Waals surface area contributed by atoms with E-state index in [9.17, 15) is 23.6 Å². The summed E-state index contributed by atoms with van der Waals surface area (Å²) in [4.78, 5) is 54.4. The lowest BCUT2D eigenvalue weighted by Crippen LogP contribution is -2.57. The minimum atomic E-state index is -1.49. The van der Waals surface area contributed by atoms with Gasteiger partial charge in [0.25, 0.3) is 0 Å². The number of ether oxygens (including phenoxy) is 2. The van der Waals surface area contributed by atoms with E-state index in [1.54, 1.807) is 58.0 Å². The Morgan fingerprint density at radius 1 is 0.824 bits per heavy atom. The van der Waals surface area contributed by atoms with Crippen molar-refractivity contribution in [1.82, 2.24) is 4.90 Å². The summed E-state index contributed by atoms with van der Waals surface area (Å²) in [6.45, 7) is 6.42. The first-order valence-corrected chi connectivity index (χ1v) is 11.2. The molecule has 0 saturated carbocycles. The molecule has 2 aromatic rings. The molecule has 0 radical (unpaired) electrons. The third-order valence-corrected chi connectivity index (χ3v) is 5.43. The predicted octanol–water partition coefficient (Wildman–Crippen LogP) is 3.61. The number of hydrogen-bond donors (Lipinski definition) is 0. The van der Waals surface area contributed by atoms with Crippen LogP contribution in [-0.4, -0.2) is 40.9 Å². The second kappa shape index (κ2) is 10.6. The maximum Gasteiger partial charge on any atom is 0.319 e. The number of rotatable bonds is 7. The highest BCUT2D eigenvalue weighted by atomic mass is 19.1. The Labute approximate surface area is 197 Å². The molecule has 0 N–H and O–H groups in total. The van der Waals surface area contributed by atoms with Crippen LogP contribution < -0.4 is 0 Å². The number of imide groups is 1. The zero-order valence-corrected chi connectivity index (χ0v) is 19.6. The molecular formula is C26H28FNO6. The van der Waals surface area contributed by atoms with Crippen LogP contribution in [0.4, 0.5) is 4.39 Å². The molecule has 0 spiro atoms. The lowest BCUT2D eigenvalue weighted by molar-refractivity contribution is -0.174. The molecule has 1 unspecified atom stereocenters. The molecule has 8 heteroatoms. The van der Waals surface area contributed by atoms with Crippen LogP contribution in [0.2, 0.25) is 0 Å². The quantitative estimate of drug-likeness (QED) is 0.350. The molecule has 2 aromatic carbocycles. The van der Waals surface area contributed by atoms with Gasteiger partial charge >= 0.3 is 11.9 Å². The van der Waals surface area contributed by atoms with Crippen molar-refractivity contribution < 1.29 is 33.0 Å². The molecule has 180 valence electrons. The Balaban J connectivity index is 2.14. The van der Waals surface area contributed by atoms with Gasteiger partial charge in [0.15, 0.2) is 0 Å². The van der Waals surface area contributed by atoms with E-state index < -0.39 is 59.5 Å². The summed E-state index contributed by atoms with van der Waals surface area (Å²) in [6, 6.07) is 13.8. The van der Waals surface area contributed by atoms with Gasteiger partial charge in [-0.25, -0.2) is 4.39 Å². The predicted molar refractivity (Wildman–Crippen MR) is 121 cm³/mol. The normalized spacial score (nSPS) is 20.6. The molecule has 1 heterocycles. The smallest absolute Gasteiger partial charge is 0.319 e. The van der Waals surface area contributed by atoms with Gasteiger partial charge in [0.1, 0.15) is 17.7 Å². The average Bonchev–Trinajstić information content (AvgIpc) is 2.76. The highest BCUT2D eigenvalue weighted by molar-refractivity contribution is 6.14. The molecular weight excluding hydrogens is 441 g/mol. The Kier molecular flexibility index (Phi) is 7.81. The summed E-state index contributed by atoms with van der Waals surface area (Å²) in [7, 11) is 0. The van der Waals surface area contributed by atoms with Crippen molar-refractivity contribution in [3.63, 3.8) is 0 Å². The molecule has 7 nitrogen and oxygen atoms in total. The number of piperidine rings is 1.